The Morgan fingerprint density at radius 3 is 2.09 bits per heavy atom. The molecule has 3 unspecified atom stereocenters. The second-order valence-corrected chi connectivity index (χ2v) is 7.00. The molecule has 3 atom stereocenters. The zero-order valence-corrected chi connectivity index (χ0v) is 14.8. The molecule has 0 aromatic carbocycles. The second-order valence-electron chi connectivity index (χ2n) is 7.00. The molecule has 0 aliphatic carbocycles. The van der Waals surface area contributed by atoms with Gasteiger partial charge in [0.15, 0.2) is 6.10 Å². The van der Waals surface area contributed by atoms with Crippen LogP contribution in [-0.4, -0.2) is 37.5 Å². The van der Waals surface area contributed by atoms with E-state index in [0.717, 1.165) is 19.4 Å². The van der Waals surface area contributed by atoms with Crippen LogP contribution in [0.1, 0.15) is 84.0 Å². The molecule has 4 nitrogen and oxygen atoms in total. The van der Waals surface area contributed by atoms with Gasteiger partial charge in [-0.15, -0.1) is 0 Å². The minimum absolute atomic E-state index is 0.112. The highest BCUT2D eigenvalue weighted by molar-refractivity contribution is 5.78. The number of carbonyl (C=O) groups excluding carboxylic acids is 1. The molecule has 2 heterocycles. The zero-order valence-electron chi connectivity index (χ0n) is 14.8. The lowest BCUT2D eigenvalue weighted by molar-refractivity contribution is -0.145. The van der Waals surface area contributed by atoms with Gasteiger partial charge in [-0.2, -0.15) is 0 Å². The molecule has 2 fully saturated rings. The van der Waals surface area contributed by atoms with Crippen LogP contribution in [0.25, 0.3) is 0 Å². The van der Waals surface area contributed by atoms with Crippen molar-refractivity contribution in [2.45, 2.75) is 102 Å². The minimum Gasteiger partial charge on any atom is -0.461 e. The van der Waals surface area contributed by atoms with E-state index in [0.29, 0.717) is 6.61 Å². The van der Waals surface area contributed by atoms with Gasteiger partial charge in [0.25, 0.3) is 0 Å². The number of hydrogen-bond donors (Lipinski definition) is 0. The third-order valence-corrected chi connectivity index (χ3v) is 4.72. The maximum absolute atomic E-state index is 11.6. The van der Waals surface area contributed by atoms with Crippen molar-refractivity contribution in [2.24, 2.45) is 0 Å². The first-order chi connectivity index (χ1) is 11.3. The topological polar surface area (TPSA) is 51.4 Å². The van der Waals surface area contributed by atoms with Crippen LogP contribution in [0, 0.1) is 0 Å². The van der Waals surface area contributed by atoms with Crippen LogP contribution >= 0.6 is 0 Å². The van der Waals surface area contributed by atoms with Crippen molar-refractivity contribution in [2.75, 3.05) is 13.2 Å². The summed E-state index contributed by atoms with van der Waals surface area (Å²) in [4.78, 5) is 11.6. The molecule has 0 radical (unpaired) electrons. The van der Waals surface area contributed by atoms with Crippen LogP contribution in [0.3, 0.4) is 0 Å². The van der Waals surface area contributed by atoms with Gasteiger partial charge in [-0.1, -0.05) is 77.6 Å². The van der Waals surface area contributed by atoms with Crippen molar-refractivity contribution in [3.05, 3.63) is 0 Å². The third kappa shape index (κ3) is 8.71. The normalized spacial score (nSPS) is 25.3. The third-order valence-electron chi connectivity index (χ3n) is 4.72. The highest BCUT2D eigenvalue weighted by Gasteiger charge is 2.46. The van der Waals surface area contributed by atoms with Gasteiger partial charge in [0, 0.05) is 0 Å². The van der Waals surface area contributed by atoms with E-state index in [4.69, 9.17) is 14.2 Å². The Morgan fingerprint density at radius 1 is 0.957 bits per heavy atom. The fraction of sp³-hybridized carbons (Fsp3) is 0.947. The molecule has 0 saturated carbocycles. The molecule has 0 amide bonds. The first-order valence-electron chi connectivity index (χ1n) is 9.75. The number of ether oxygens (including phenoxy) is 3. The minimum atomic E-state index is -0.295. The number of rotatable bonds is 15. The van der Waals surface area contributed by atoms with Gasteiger partial charge in [-0.05, 0) is 6.42 Å². The molecule has 4 heteroatoms. The van der Waals surface area contributed by atoms with Crippen molar-refractivity contribution in [1.29, 1.82) is 0 Å². The molecule has 23 heavy (non-hydrogen) atoms. The average Bonchev–Trinajstić information content (AvgIpc) is 3.45. The van der Waals surface area contributed by atoms with E-state index >= 15 is 0 Å². The van der Waals surface area contributed by atoms with E-state index in [1.165, 1.54) is 64.2 Å². The Balaban J connectivity index is 1.30. The largest absolute Gasteiger partial charge is 0.461 e. The lowest BCUT2D eigenvalue weighted by atomic mass is 10.0. The number of carbonyl (C=O) groups is 1. The van der Waals surface area contributed by atoms with Crippen LogP contribution in [-0.2, 0) is 19.0 Å². The quantitative estimate of drug-likeness (QED) is 0.254. The maximum atomic E-state index is 11.6. The monoisotopic (exact) mass is 326 g/mol. The highest BCUT2D eigenvalue weighted by atomic mass is 16.7. The summed E-state index contributed by atoms with van der Waals surface area (Å²) in [6.07, 6.45) is 15.8. The molecule has 134 valence electrons. The fourth-order valence-electron chi connectivity index (χ4n) is 3.00. The van der Waals surface area contributed by atoms with Crippen LogP contribution < -0.4 is 0 Å². The Labute approximate surface area is 141 Å². The molecule has 0 N–H and O–H groups in total. The van der Waals surface area contributed by atoms with Crippen LogP contribution in [0.5, 0.6) is 0 Å². The first kappa shape index (κ1) is 18.7. The van der Waals surface area contributed by atoms with Crippen LogP contribution in [0.4, 0.5) is 0 Å². The van der Waals surface area contributed by atoms with Crippen LogP contribution in [0.2, 0.25) is 0 Å². The summed E-state index contributed by atoms with van der Waals surface area (Å²) in [5, 5.41) is 0. The molecule has 0 spiro atoms. The van der Waals surface area contributed by atoms with Crippen molar-refractivity contribution in [1.82, 2.24) is 0 Å². The SMILES string of the molecule is CCCCCCCCCCCCCC1OC1C(=O)OCC1CO1. The Hall–Kier alpha value is -0.610. The van der Waals surface area contributed by atoms with E-state index in [2.05, 4.69) is 6.92 Å². The lowest BCUT2D eigenvalue weighted by Gasteiger charge is -2.02. The number of esters is 1. The van der Waals surface area contributed by atoms with Gasteiger partial charge in [-0.3, -0.25) is 0 Å². The van der Waals surface area contributed by atoms with Crippen molar-refractivity contribution >= 4 is 5.97 Å². The van der Waals surface area contributed by atoms with Gasteiger partial charge in [0.2, 0.25) is 0 Å². The average molecular weight is 326 g/mol. The van der Waals surface area contributed by atoms with E-state index in [1.807, 2.05) is 0 Å². The lowest BCUT2D eigenvalue weighted by Crippen LogP contribution is -2.17. The molecule has 2 saturated heterocycles. The van der Waals surface area contributed by atoms with Crippen LogP contribution in [0.15, 0.2) is 0 Å². The Morgan fingerprint density at radius 2 is 1.52 bits per heavy atom. The van der Waals surface area contributed by atoms with Gasteiger partial charge < -0.3 is 14.2 Å². The molecular weight excluding hydrogens is 292 g/mol. The van der Waals surface area contributed by atoms with Crippen molar-refractivity contribution in [3.8, 4) is 0 Å². The number of epoxide rings is 2. The summed E-state index contributed by atoms with van der Waals surface area (Å²) >= 11 is 0. The molecule has 0 aromatic heterocycles. The maximum Gasteiger partial charge on any atom is 0.338 e. The Bertz CT molecular complexity index is 327. The van der Waals surface area contributed by atoms with E-state index in [9.17, 15) is 4.79 Å². The number of hydrogen-bond acceptors (Lipinski definition) is 4. The molecule has 2 aliphatic rings. The van der Waals surface area contributed by atoms with Crippen molar-refractivity contribution in [3.63, 3.8) is 0 Å². The zero-order chi connectivity index (χ0) is 16.3. The van der Waals surface area contributed by atoms with Gasteiger partial charge in [0.1, 0.15) is 12.7 Å². The summed E-state index contributed by atoms with van der Waals surface area (Å²) in [5.41, 5.74) is 0. The summed E-state index contributed by atoms with van der Waals surface area (Å²) in [6, 6.07) is 0. The predicted molar refractivity (Wildman–Crippen MR) is 90.4 cm³/mol. The number of unbranched alkanes of at least 4 members (excludes halogenated alkanes) is 10. The molecular formula is C19H34O4. The summed E-state index contributed by atoms with van der Waals surface area (Å²) in [6.45, 7) is 3.38. The molecule has 2 rings (SSSR count). The second kappa shape index (κ2) is 11.0. The fourth-order valence-corrected chi connectivity index (χ4v) is 3.00. The van der Waals surface area contributed by atoms with E-state index in [-0.39, 0.29) is 24.3 Å². The summed E-state index contributed by atoms with van der Waals surface area (Å²) < 4.78 is 15.6. The van der Waals surface area contributed by atoms with Gasteiger partial charge in [0.05, 0.1) is 12.7 Å². The van der Waals surface area contributed by atoms with Gasteiger partial charge in [-0.25, -0.2) is 4.79 Å². The smallest absolute Gasteiger partial charge is 0.338 e. The van der Waals surface area contributed by atoms with E-state index < -0.39 is 0 Å². The molecule has 2 aliphatic heterocycles. The summed E-state index contributed by atoms with van der Waals surface area (Å²) in [5.74, 6) is -0.200. The molecule has 0 aromatic rings. The standard InChI is InChI=1S/C19H34O4/c1-2-3-4-5-6-7-8-9-10-11-12-13-17-18(23-17)19(20)22-15-16-14-21-16/h16-18H,2-15H2,1H3. The first-order valence-corrected chi connectivity index (χ1v) is 9.75. The summed E-state index contributed by atoms with van der Waals surface area (Å²) in [7, 11) is 0. The highest BCUT2D eigenvalue weighted by Crippen LogP contribution is 2.29. The predicted octanol–water partition coefficient (Wildman–Crippen LogP) is 4.40. The van der Waals surface area contributed by atoms with Crippen molar-refractivity contribution < 1.29 is 19.0 Å². The van der Waals surface area contributed by atoms with Gasteiger partial charge >= 0.3 is 5.97 Å². The molecule has 0 bridgehead atoms. The van der Waals surface area contributed by atoms with E-state index in [1.54, 1.807) is 0 Å². The Kier molecular flexibility index (Phi) is 8.98.